The summed E-state index contributed by atoms with van der Waals surface area (Å²) in [5.74, 6) is -0.241. The van der Waals surface area contributed by atoms with Crippen LogP contribution in [0.4, 0.5) is 0 Å². The second-order valence-electron chi connectivity index (χ2n) is 5.27. The molecule has 0 unspecified atom stereocenters. The van der Waals surface area contributed by atoms with Gasteiger partial charge in [-0.05, 0) is 17.7 Å². The Morgan fingerprint density at radius 3 is 2.45 bits per heavy atom. The number of halogens is 2. The van der Waals surface area contributed by atoms with Gasteiger partial charge in [0.1, 0.15) is 0 Å². The van der Waals surface area contributed by atoms with Gasteiger partial charge >= 0.3 is 0 Å². The Bertz CT molecular complexity index is 544. The normalized spacial score (nSPS) is 27.9. The summed E-state index contributed by atoms with van der Waals surface area (Å²) in [5.41, 5.74) is 0.722. The number of carbonyl (C=O) groups is 1. The number of nitrogens with one attached hydrogen (secondary N) is 2. The van der Waals surface area contributed by atoms with Crippen LogP contribution in [-0.4, -0.2) is 58.7 Å². The first-order valence-corrected chi connectivity index (χ1v) is 7.61. The van der Waals surface area contributed by atoms with Crippen molar-refractivity contribution in [1.29, 1.82) is 0 Å². The molecule has 1 aromatic rings. The van der Waals surface area contributed by atoms with Gasteiger partial charge in [-0.3, -0.25) is 4.79 Å². The predicted octanol–water partition coefficient (Wildman–Crippen LogP) is -0.293. The van der Waals surface area contributed by atoms with Crippen LogP contribution in [0.1, 0.15) is 5.56 Å². The summed E-state index contributed by atoms with van der Waals surface area (Å²) in [4.78, 5) is 11.9. The number of carbonyl (C=O) groups excluding carboxylic acids is 1. The van der Waals surface area contributed by atoms with Crippen LogP contribution in [0.3, 0.4) is 0 Å². The zero-order valence-corrected chi connectivity index (χ0v) is 13.2. The maximum Gasteiger partial charge on any atom is 0.224 e. The van der Waals surface area contributed by atoms with Gasteiger partial charge in [-0.1, -0.05) is 29.3 Å². The highest BCUT2D eigenvalue weighted by atomic mass is 35.5. The van der Waals surface area contributed by atoms with E-state index in [0.717, 1.165) is 5.56 Å². The Morgan fingerprint density at radius 1 is 1.18 bits per heavy atom. The van der Waals surface area contributed by atoms with Crippen molar-refractivity contribution in [1.82, 2.24) is 10.6 Å². The van der Waals surface area contributed by atoms with Crippen molar-refractivity contribution in [2.24, 2.45) is 0 Å². The lowest BCUT2D eigenvalue weighted by molar-refractivity contribution is -0.120. The molecule has 22 heavy (non-hydrogen) atoms. The molecule has 1 amide bonds. The van der Waals surface area contributed by atoms with E-state index in [-0.39, 0.29) is 25.5 Å². The van der Waals surface area contributed by atoms with Crippen LogP contribution in [-0.2, 0) is 11.2 Å². The SMILES string of the molecule is O=C(Cc1ccc(Cl)c(Cl)c1)NC[C@H]1N[C@H](CO)[C@@H](O)[C@@H]1O. The molecule has 1 fully saturated rings. The highest BCUT2D eigenvalue weighted by molar-refractivity contribution is 6.42. The average Bonchev–Trinajstić information content (AvgIpc) is 2.76. The van der Waals surface area contributed by atoms with Gasteiger partial charge in [-0.2, -0.15) is 0 Å². The van der Waals surface area contributed by atoms with Crippen LogP contribution >= 0.6 is 23.2 Å². The molecule has 0 bridgehead atoms. The minimum absolute atomic E-state index is 0.131. The number of rotatable bonds is 5. The van der Waals surface area contributed by atoms with Gasteiger partial charge in [0.05, 0.1) is 47.4 Å². The minimum atomic E-state index is -1.05. The Morgan fingerprint density at radius 2 is 1.86 bits per heavy atom. The quantitative estimate of drug-likeness (QED) is 0.503. The monoisotopic (exact) mass is 348 g/mol. The molecule has 2 rings (SSSR count). The first kappa shape index (κ1) is 17.5. The van der Waals surface area contributed by atoms with E-state index in [0.29, 0.717) is 10.0 Å². The molecule has 1 aromatic carbocycles. The molecule has 1 saturated heterocycles. The first-order valence-electron chi connectivity index (χ1n) is 6.86. The molecular formula is C14H18Cl2N2O4. The molecule has 6 nitrogen and oxygen atoms in total. The van der Waals surface area contributed by atoms with E-state index in [4.69, 9.17) is 28.3 Å². The summed E-state index contributed by atoms with van der Waals surface area (Å²) < 4.78 is 0. The molecule has 1 aliphatic heterocycles. The summed E-state index contributed by atoms with van der Waals surface area (Å²) in [5, 5.41) is 34.9. The lowest BCUT2D eigenvalue weighted by atomic mass is 10.1. The van der Waals surface area contributed by atoms with Gasteiger partial charge < -0.3 is 26.0 Å². The van der Waals surface area contributed by atoms with E-state index in [1.54, 1.807) is 18.2 Å². The van der Waals surface area contributed by atoms with Crippen molar-refractivity contribution in [3.05, 3.63) is 33.8 Å². The molecule has 122 valence electrons. The van der Waals surface area contributed by atoms with Gasteiger partial charge in [-0.15, -0.1) is 0 Å². The number of hydrogen-bond donors (Lipinski definition) is 5. The molecule has 5 N–H and O–H groups in total. The number of amides is 1. The van der Waals surface area contributed by atoms with Crippen LogP contribution in [0.15, 0.2) is 18.2 Å². The third-order valence-electron chi connectivity index (χ3n) is 3.67. The zero-order valence-electron chi connectivity index (χ0n) is 11.7. The summed E-state index contributed by atoms with van der Waals surface area (Å²) >= 11 is 11.7. The molecular weight excluding hydrogens is 331 g/mol. The maximum atomic E-state index is 11.9. The molecule has 4 atom stereocenters. The second-order valence-corrected chi connectivity index (χ2v) is 6.09. The number of aliphatic hydroxyl groups is 3. The van der Waals surface area contributed by atoms with Crippen molar-refractivity contribution >= 4 is 29.1 Å². The van der Waals surface area contributed by atoms with Crippen molar-refractivity contribution in [2.75, 3.05) is 13.2 Å². The fourth-order valence-electron chi connectivity index (χ4n) is 2.41. The van der Waals surface area contributed by atoms with Crippen LogP contribution in [0, 0.1) is 0 Å². The molecule has 0 spiro atoms. The third kappa shape index (κ3) is 4.10. The summed E-state index contributed by atoms with van der Waals surface area (Å²) in [7, 11) is 0. The van der Waals surface area contributed by atoms with Gasteiger partial charge in [0.15, 0.2) is 0 Å². The Labute approximate surface area is 138 Å². The fraction of sp³-hybridized carbons (Fsp3) is 0.500. The van der Waals surface area contributed by atoms with E-state index in [9.17, 15) is 15.0 Å². The van der Waals surface area contributed by atoms with Crippen molar-refractivity contribution in [3.63, 3.8) is 0 Å². The molecule has 0 radical (unpaired) electrons. The van der Waals surface area contributed by atoms with Crippen LogP contribution in [0.25, 0.3) is 0 Å². The van der Waals surface area contributed by atoms with Crippen LogP contribution < -0.4 is 10.6 Å². The topological polar surface area (TPSA) is 102 Å². The molecule has 0 aromatic heterocycles. The standard InChI is InChI=1S/C14H18Cl2N2O4/c15-8-2-1-7(3-9(8)16)4-12(20)17-5-10-13(21)14(22)11(6-19)18-10/h1-3,10-11,13-14,18-19,21-22H,4-6H2,(H,17,20)/t10-,11-,13-,14-/m1/s1. The van der Waals surface area contributed by atoms with E-state index < -0.39 is 24.3 Å². The third-order valence-corrected chi connectivity index (χ3v) is 4.41. The fourth-order valence-corrected chi connectivity index (χ4v) is 2.73. The Kier molecular flexibility index (Phi) is 6.02. The van der Waals surface area contributed by atoms with Gasteiger partial charge in [0, 0.05) is 6.54 Å². The molecule has 0 aliphatic carbocycles. The Balaban J connectivity index is 1.84. The average molecular weight is 349 g/mol. The smallest absolute Gasteiger partial charge is 0.224 e. The lowest BCUT2D eigenvalue weighted by Crippen LogP contribution is -2.44. The highest BCUT2D eigenvalue weighted by Gasteiger charge is 2.40. The summed E-state index contributed by atoms with van der Waals surface area (Å²) in [6.07, 6.45) is -1.96. The van der Waals surface area contributed by atoms with Gasteiger partial charge in [-0.25, -0.2) is 0 Å². The number of aliphatic hydroxyl groups excluding tert-OH is 3. The van der Waals surface area contributed by atoms with E-state index in [2.05, 4.69) is 10.6 Å². The van der Waals surface area contributed by atoms with Crippen molar-refractivity contribution in [3.8, 4) is 0 Å². The maximum absolute atomic E-state index is 11.9. The Hall–Kier alpha value is -0.890. The largest absolute Gasteiger partial charge is 0.395 e. The predicted molar refractivity (Wildman–Crippen MR) is 83.0 cm³/mol. The van der Waals surface area contributed by atoms with Crippen LogP contribution in [0.2, 0.25) is 10.0 Å². The van der Waals surface area contributed by atoms with Gasteiger partial charge in [0.2, 0.25) is 5.91 Å². The van der Waals surface area contributed by atoms with E-state index >= 15 is 0 Å². The zero-order chi connectivity index (χ0) is 16.3. The molecule has 8 heteroatoms. The lowest BCUT2D eigenvalue weighted by Gasteiger charge is -2.16. The van der Waals surface area contributed by atoms with Gasteiger partial charge in [0.25, 0.3) is 0 Å². The number of hydrogen-bond acceptors (Lipinski definition) is 5. The van der Waals surface area contributed by atoms with E-state index in [1.807, 2.05) is 0 Å². The van der Waals surface area contributed by atoms with Crippen molar-refractivity contribution < 1.29 is 20.1 Å². The summed E-state index contributed by atoms with van der Waals surface area (Å²) in [6, 6.07) is 3.85. The van der Waals surface area contributed by atoms with Crippen molar-refractivity contribution in [2.45, 2.75) is 30.7 Å². The molecule has 1 heterocycles. The molecule has 0 saturated carbocycles. The summed E-state index contributed by atoms with van der Waals surface area (Å²) in [6.45, 7) is -0.138. The van der Waals surface area contributed by atoms with E-state index in [1.165, 1.54) is 0 Å². The highest BCUT2D eigenvalue weighted by Crippen LogP contribution is 2.22. The number of benzene rings is 1. The first-order chi connectivity index (χ1) is 10.4. The minimum Gasteiger partial charge on any atom is -0.395 e. The molecule has 1 aliphatic rings. The van der Waals surface area contributed by atoms with Crippen LogP contribution in [0.5, 0.6) is 0 Å². The second kappa shape index (κ2) is 7.59.